The number of nitrogens with one attached hydrogen (secondary N) is 3. The molecule has 3 aliphatic rings. The van der Waals surface area contributed by atoms with Crippen LogP contribution in [0.1, 0.15) is 48.0 Å². The van der Waals surface area contributed by atoms with E-state index >= 15 is 0 Å². The van der Waals surface area contributed by atoms with Crippen molar-refractivity contribution >= 4 is 33.2 Å². The van der Waals surface area contributed by atoms with Crippen LogP contribution in [-0.2, 0) is 14.6 Å². The lowest BCUT2D eigenvalue weighted by Gasteiger charge is -2.35. The molecule has 5 unspecified atom stereocenters. The highest BCUT2D eigenvalue weighted by molar-refractivity contribution is 7.92. The molecule has 5 atom stereocenters. The van der Waals surface area contributed by atoms with Gasteiger partial charge in [0, 0.05) is 19.1 Å². The average molecular weight is 540 g/mol. The minimum Gasteiger partial charge on any atom is -0.375 e. The molecule has 202 valence electrons. The first-order valence-corrected chi connectivity index (χ1v) is 14.8. The Kier molecular flexibility index (Phi) is 9.46. The monoisotopic (exact) mass is 539 g/mol. The van der Waals surface area contributed by atoms with Crippen molar-refractivity contribution in [3.8, 4) is 0 Å². The van der Waals surface area contributed by atoms with Gasteiger partial charge in [-0.25, -0.2) is 8.42 Å². The zero-order valence-corrected chi connectivity index (χ0v) is 24.1. The van der Waals surface area contributed by atoms with Gasteiger partial charge in [-0.1, -0.05) is 32.1 Å². The Morgan fingerprint density at radius 3 is 2.67 bits per heavy atom. The second-order valence-corrected chi connectivity index (χ2v) is 13.8. The number of hydrogen-bond acceptors (Lipinski definition) is 7. The predicted molar refractivity (Wildman–Crippen MR) is 150 cm³/mol. The molecule has 0 spiro atoms. The van der Waals surface area contributed by atoms with Crippen molar-refractivity contribution in [3.63, 3.8) is 0 Å². The van der Waals surface area contributed by atoms with Crippen LogP contribution in [0.4, 0.5) is 0 Å². The quantitative estimate of drug-likeness (QED) is 0.339. The smallest absolute Gasteiger partial charge is 0.197 e. The Morgan fingerprint density at radius 2 is 2.03 bits per heavy atom. The fraction of sp³-hybridized carbons (Fsp3) is 0.692. The molecule has 8 nitrogen and oxygen atoms in total. The lowest BCUT2D eigenvalue weighted by atomic mass is 9.76. The van der Waals surface area contributed by atoms with E-state index in [9.17, 15) is 8.42 Å². The Hall–Kier alpha value is -1.68. The third-order valence-electron chi connectivity index (χ3n) is 7.04. The molecule has 1 fully saturated rings. The van der Waals surface area contributed by atoms with Gasteiger partial charge in [-0.05, 0) is 57.9 Å². The molecule has 0 bridgehead atoms. The van der Waals surface area contributed by atoms with Crippen LogP contribution in [0.15, 0.2) is 45.4 Å². The standard InChI is InChI=1S/C26H42ClN5O3S/c1-8-9-23(36(33,34)16(2)3)17(4)30-24-20(27)14-29-25(32-24)31-21-12-18-10-11-28-15-26(5,6)19(18)13-22(21)35-7/h8-9,12-13,16-17,20-23,28H,10-11,14-15H2,1-7H3,(H2,29,30,31,32)/b9-8-. The van der Waals surface area contributed by atoms with Crippen molar-refractivity contribution in [1.29, 1.82) is 0 Å². The van der Waals surface area contributed by atoms with Gasteiger partial charge in [0.1, 0.15) is 16.5 Å². The fourth-order valence-electron chi connectivity index (χ4n) is 4.90. The number of nitrogens with zero attached hydrogens (tertiary/aromatic N) is 2. The second kappa shape index (κ2) is 11.8. The van der Waals surface area contributed by atoms with Gasteiger partial charge >= 0.3 is 0 Å². The Balaban J connectivity index is 1.81. The molecule has 0 aromatic rings. The maximum atomic E-state index is 12.9. The summed E-state index contributed by atoms with van der Waals surface area (Å²) in [5.74, 6) is 1.07. The number of methoxy groups -OCH3 is 1. The molecule has 10 heteroatoms. The molecule has 3 N–H and O–H groups in total. The van der Waals surface area contributed by atoms with E-state index in [0.29, 0.717) is 18.3 Å². The number of sulfone groups is 1. The fourth-order valence-corrected chi connectivity index (χ4v) is 6.70. The van der Waals surface area contributed by atoms with E-state index in [4.69, 9.17) is 21.3 Å². The van der Waals surface area contributed by atoms with Crippen molar-refractivity contribution in [2.75, 3.05) is 26.7 Å². The first-order valence-electron chi connectivity index (χ1n) is 12.7. The molecule has 0 saturated carbocycles. The number of alkyl halides is 1. The van der Waals surface area contributed by atoms with Gasteiger partial charge < -0.3 is 20.7 Å². The molecule has 1 aliphatic carbocycles. The summed E-state index contributed by atoms with van der Waals surface area (Å²) in [6, 6.07) is -0.622. The van der Waals surface area contributed by atoms with Crippen molar-refractivity contribution in [2.45, 2.75) is 82.0 Å². The number of amidine groups is 1. The summed E-state index contributed by atoms with van der Waals surface area (Å²) in [6.45, 7) is 13.7. The van der Waals surface area contributed by atoms with E-state index in [0.717, 1.165) is 19.5 Å². The molecule has 0 radical (unpaired) electrons. The third-order valence-corrected chi connectivity index (χ3v) is 10.0. The summed E-state index contributed by atoms with van der Waals surface area (Å²) < 4.78 is 31.7. The molecule has 0 aromatic heterocycles. The highest BCUT2D eigenvalue weighted by atomic mass is 35.5. The van der Waals surface area contributed by atoms with E-state index < -0.39 is 31.8 Å². The molecular weight excluding hydrogens is 498 g/mol. The van der Waals surface area contributed by atoms with Gasteiger partial charge in [-0.3, -0.25) is 9.98 Å². The van der Waals surface area contributed by atoms with Crippen molar-refractivity contribution < 1.29 is 13.2 Å². The normalized spacial score (nSPS) is 29.5. The SMILES string of the molecule is C/C=C\C(C(C)N=C1NC(NC2C=C3CCNCC(C)(C)C3=CC2OC)=NCC1Cl)S(=O)(=O)C(C)C. The maximum absolute atomic E-state index is 12.9. The number of guanidine groups is 1. The topological polar surface area (TPSA) is 104 Å². The Morgan fingerprint density at radius 1 is 1.31 bits per heavy atom. The number of halogens is 1. The van der Waals surface area contributed by atoms with E-state index in [1.54, 1.807) is 33.1 Å². The van der Waals surface area contributed by atoms with Gasteiger partial charge in [0.15, 0.2) is 15.8 Å². The summed E-state index contributed by atoms with van der Waals surface area (Å²) in [5, 5.41) is 8.53. The zero-order chi connectivity index (χ0) is 26.7. The predicted octanol–water partition coefficient (Wildman–Crippen LogP) is 2.97. The average Bonchev–Trinajstić information content (AvgIpc) is 2.96. The molecule has 0 amide bonds. The lowest BCUT2D eigenvalue weighted by molar-refractivity contribution is 0.121. The number of ether oxygens (including phenoxy) is 1. The van der Waals surface area contributed by atoms with Crippen LogP contribution >= 0.6 is 11.6 Å². The van der Waals surface area contributed by atoms with Gasteiger partial charge in [-0.15, -0.1) is 11.6 Å². The first-order chi connectivity index (χ1) is 16.9. The molecule has 2 heterocycles. The molecule has 1 saturated heterocycles. The van der Waals surface area contributed by atoms with E-state index in [2.05, 4.69) is 46.9 Å². The molecule has 3 rings (SSSR count). The minimum atomic E-state index is -3.39. The van der Waals surface area contributed by atoms with Gasteiger partial charge in [0.05, 0.1) is 30.0 Å². The highest BCUT2D eigenvalue weighted by Gasteiger charge is 2.36. The van der Waals surface area contributed by atoms with E-state index in [-0.39, 0.29) is 17.6 Å². The minimum absolute atomic E-state index is 0.0201. The summed E-state index contributed by atoms with van der Waals surface area (Å²) >= 11 is 6.54. The Labute approximate surface area is 221 Å². The van der Waals surface area contributed by atoms with Crippen LogP contribution < -0.4 is 16.0 Å². The molecule has 0 aromatic carbocycles. The van der Waals surface area contributed by atoms with Crippen molar-refractivity contribution in [1.82, 2.24) is 16.0 Å². The van der Waals surface area contributed by atoms with E-state index in [1.807, 2.05) is 13.8 Å². The number of allylic oxidation sites excluding steroid dienone is 1. The first kappa shape index (κ1) is 28.9. The van der Waals surface area contributed by atoms with Crippen LogP contribution in [0.25, 0.3) is 0 Å². The zero-order valence-electron chi connectivity index (χ0n) is 22.5. The number of rotatable bonds is 7. The Bertz CT molecular complexity index is 1060. The summed E-state index contributed by atoms with van der Waals surface area (Å²) in [5.41, 5.74) is 2.67. The maximum Gasteiger partial charge on any atom is 0.197 e. The van der Waals surface area contributed by atoms with Crippen LogP contribution in [0, 0.1) is 5.41 Å². The van der Waals surface area contributed by atoms with E-state index in [1.165, 1.54) is 11.1 Å². The summed E-state index contributed by atoms with van der Waals surface area (Å²) in [6.07, 6.45) is 8.72. The molecule has 36 heavy (non-hydrogen) atoms. The number of aliphatic imine (C=N–C) groups is 2. The number of fused-ring (bicyclic) bond motifs is 1. The van der Waals surface area contributed by atoms with Gasteiger partial charge in [-0.2, -0.15) is 0 Å². The molecule has 2 aliphatic heterocycles. The van der Waals surface area contributed by atoms with Crippen LogP contribution in [0.5, 0.6) is 0 Å². The van der Waals surface area contributed by atoms with Crippen LogP contribution in [-0.4, -0.2) is 81.0 Å². The largest absolute Gasteiger partial charge is 0.375 e. The van der Waals surface area contributed by atoms with Crippen molar-refractivity contribution in [3.05, 3.63) is 35.5 Å². The van der Waals surface area contributed by atoms with Crippen LogP contribution in [0.3, 0.4) is 0 Å². The lowest BCUT2D eigenvalue weighted by Crippen LogP contribution is -2.55. The highest BCUT2D eigenvalue weighted by Crippen LogP contribution is 2.38. The van der Waals surface area contributed by atoms with Gasteiger partial charge in [0.25, 0.3) is 0 Å². The van der Waals surface area contributed by atoms with Gasteiger partial charge in [0.2, 0.25) is 0 Å². The summed E-state index contributed by atoms with van der Waals surface area (Å²) in [4.78, 5) is 9.29. The second-order valence-electron chi connectivity index (χ2n) is 10.6. The third kappa shape index (κ3) is 6.41. The summed E-state index contributed by atoms with van der Waals surface area (Å²) in [7, 11) is -1.67. The number of hydrogen-bond donors (Lipinski definition) is 3. The van der Waals surface area contributed by atoms with Crippen LogP contribution in [0.2, 0.25) is 0 Å². The molecular formula is C26H42ClN5O3S. The van der Waals surface area contributed by atoms with Crippen molar-refractivity contribution in [2.24, 2.45) is 15.4 Å².